The lowest BCUT2D eigenvalue weighted by atomic mass is 9.92. The summed E-state index contributed by atoms with van der Waals surface area (Å²) in [6, 6.07) is 0. The van der Waals surface area contributed by atoms with Crippen LogP contribution in [0.3, 0.4) is 0 Å². The number of rotatable bonds is 4. The smallest absolute Gasteiger partial charge is 0.0346 e. The van der Waals surface area contributed by atoms with Gasteiger partial charge in [-0.2, -0.15) is 0 Å². The fourth-order valence-electron chi connectivity index (χ4n) is 2.00. The maximum Gasteiger partial charge on any atom is 0.0346 e. The van der Waals surface area contributed by atoms with E-state index in [4.69, 9.17) is 5.73 Å². The Morgan fingerprint density at radius 1 is 1.12 bits per heavy atom. The van der Waals surface area contributed by atoms with E-state index in [2.05, 4.69) is 32.9 Å². The highest BCUT2D eigenvalue weighted by Gasteiger charge is 2.08. The molecule has 88 valence electrons. The van der Waals surface area contributed by atoms with E-state index in [0.29, 0.717) is 0 Å². The van der Waals surface area contributed by atoms with Crippen molar-refractivity contribution in [3.05, 3.63) is 46.7 Å². The fourth-order valence-corrected chi connectivity index (χ4v) is 2.00. The van der Waals surface area contributed by atoms with Crippen LogP contribution < -0.4 is 5.73 Å². The molecule has 16 heavy (non-hydrogen) atoms. The predicted molar refractivity (Wildman–Crippen MR) is 72.0 cm³/mol. The van der Waals surface area contributed by atoms with E-state index in [-0.39, 0.29) is 0 Å². The number of hydrogen-bond donors (Lipinski definition) is 1. The Morgan fingerprint density at radius 2 is 1.81 bits per heavy atom. The zero-order valence-corrected chi connectivity index (χ0v) is 10.7. The minimum absolute atomic E-state index is 0.904. The first kappa shape index (κ1) is 12.8. The normalized spacial score (nSPS) is 20.7. The van der Waals surface area contributed by atoms with Gasteiger partial charge in [-0.25, -0.2) is 0 Å². The van der Waals surface area contributed by atoms with Crippen LogP contribution in [-0.4, -0.2) is 0 Å². The maximum atomic E-state index is 6.05. The molecule has 0 aromatic carbocycles. The molecule has 1 nitrogen and oxygen atoms in total. The van der Waals surface area contributed by atoms with Crippen molar-refractivity contribution in [1.29, 1.82) is 0 Å². The average molecular weight is 217 g/mol. The summed E-state index contributed by atoms with van der Waals surface area (Å²) in [5.41, 5.74) is 11.1. The van der Waals surface area contributed by atoms with E-state index in [0.717, 1.165) is 18.5 Å². The van der Waals surface area contributed by atoms with Crippen molar-refractivity contribution >= 4 is 0 Å². The molecule has 1 aliphatic carbocycles. The van der Waals surface area contributed by atoms with Crippen LogP contribution in [0.1, 0.15) is 46.5 Å². The first-order valence-electron chi connectivity index (χ1n) is 6.24. The van der Waals surface area contributed by atoms with Crippen molar-refractivity contribution in [3.63, 3.8) is 0 Å². The summed E-state index contributed by atoms with van der Waals surface area (Å²) >= 11 is 0. The van der Waals surface area contributed by atoms with Crippen molar-refractivity contribution in [3.8, 4) is 0 Å². The molecule has 0 aliphatic heterocycles. The van der Waals surface area contributed by atoms with Gasteiger partial charge in [-0.15, -0.1) is 0 Å². The van der Waals surface area contributed by atoms with Crippen LogP contribution in [0, 0.1) is 0 Å². The zero-order valence-electron chi connectivity index (χ0n) is 10.7. The molecule has 0 amide bonds. The van der Waals surface area contributed by atoms with Crippen LogP contribution in [0.25, 0.3) is 0 Å². The molecular formula is C15H23N. The van der Waals surface area contributed by atoms with Crippen LogP contribution in [0.2, 0.25) is 0 Å². The summed E-state index contributed by atoms with van der Waals surface area (Å²) in [5, 5.41) is 0. The van der Waals surface area contributed by atoms with Crippen LogP contribution >= 0.6 is 0 Å². The number of nitrogens with two attached hydrogens (primary N) is 1. The highest BCUT2D eigenvalue weighted by Crippen LogP contribution is 2.26. The monoisotopic (exact) mass is 217 g/mol. The zero-order chi connectivity index (χ0) is 12.0. The Labute approximate surface area is 99.4 Å². The summed E-state index contributed by atoms with van der Waals surface area (Å²) in [6.07, 6.45) is 13.0. The van der Waals surface area contributed by atoms with Gasteiger partial charge in [-0.05, 0) is 49.0 Å². The highest BCUT2D eigenvalue weighted by molar-refractivity contribution is 5.46. The van der Waals surface area contributed by atoms with Gasteiger partial charge in [0.15, 0.2) is 0 Å². The van der Waals surface area contributed by atoms with Crippen molar-refractivity contribution in [2.75, 3.05) is 0 Å². The number of unbranched alkanes of at least 4 members (excludes halogenated alkanes) is 1. The van der Waals surface area contributed by atoms with Crippen LogP contribution in [0.4, 0.5) is 0 Å². The van der Waals surface area contributed by atoms with Gasteiger partial charge >= 0.3 is 0 Å². The third-order valence-corrected chi connectivity index (χ3v) is 3.12. The summed E-state index contributed by atoms with van der Waals surface area (Å²) in [6.45, 7) is 6.58. The summed E-state index contributed by atoms with van der Waals surface area (Å²) in [4.78, 5) is 0. The molecule has 1 heteroatoms. The van der Waals surface area contributed by atoms with E-state index in [1.54, 1.807) is 0 Å². The largest absolute Gasteiger partial charge is 0.399 e. The average Bonchev–Trinajstić information content (AvgIpc) is 2.29. The summed E-state index contributed by atoms with van der Waals surface area (Å²) < 4.78 is 0. The topological polar surface area (TPSA) is 26.0 Å². The van der Waals surface area contributed by atoms with Crippen molar-refractivity contribution in [2.24, 2.45) is 5.73 Å². The molecule has 0 aromatic heterocycles. The van der Waals surface area contributed by atoms with Gasteiger partial charge < -0.3 is 5.73 Å². The molecule has 0 bridgehead atoms. The highest BCUT2D eigenvalue weighted by atomic mass is 14.6. The Balaban J connectivity index is 3.11. The van der Waals surface area contributed by atoms with Crippen LogP contribution in [0.5, 0.6) is 0 Å². The molecule has 0 fully saturated rings. The second-order valence-electron chi connectivity index (χ2n) is 4.26. The molecule has 2 N–H and O–H groups in total. The van der Waals surface area contributed by atoms with Gasteiger partial charge in [-0.3, -0.25) is 0 Å². The number of hydrogen-bond acceptors (Lipinski definition) is 1. The molecule has 0 unspecified atom stereocenters. The molecule has 0 aromatic rings. The van der Waals surface area contributed by atoms with Crippen LogP contribution in [0.15, 0.2) is 46.7 Å². The molecule has 1 rings (SSSR count). The van der Waals surface area contributed by atoms with Crippen LogP contribution in [-0.2, 0) is 0 Å². The Hall–Kier alpha value is -1.24. The number of allylic oxidation sites excluding steroid dienone is 7. The SMILES string of the molecule is CCCCC1=C(CC)/C=C/C=C\C(N)=C1C. The fraction of sp³-hybridized carbons (Fsp3) is 0.467. The summed E-state index contributed by atoms with van der Waals surface area (Å²) in [5.74, 6) is 0. The van der Waals surface area contributed by atoms with E-state index in [1.165, 1.54) is 29.6 Å². The molecule has 0 saturated carbocycles. The van der Waals surface area contributed by atoms with E-state index in [1.807, 2.05) is 12.2 Å². The lowest BCUT2D eigenvalue weighted by Crippen LogP contribution is -2.03. The quantitative estimate of drug-likeness (QED) is 0.748. The molecule has 1 aliphatic rings. The summed E-state index contributed by atoms with van der Waals surface area (Å²) in [7, 11) is 0. The molecule has 0 radical (unpaired) electrons. The van der Waals surface area contributed by atoms with E-state index in [9.17, 15) is 0 Å². The van der Waals surface area contributed by atoms with Gasteiger partial charge in [0, 0.05) is 5.70 Å². The lowest BCUT2D eigenvalue weighted by molar-refractivity contribution is 0.781. The minimum atomic E-state index is 0.904. The van der Waals surface area contributed by atoms with E-state index < -0.39 is 0 Å². The molecule has 0 atom stereocenters. The molecular weight excluding hydrogens is 194 g/mol. The maximum absolute atomic E-state index is 6.05. The Kier molecular flexibility index (Phi) is 5.10. The molecule has 0 saturated heterocycles. The predicted octanol–water partition coefficient (Wildman–Crippen LogP) is 4.24. The van der Waals surface area contributed by atoms with Gasteiger partial charge in [0.25, 0.3) is 0 Å². The Bertz CT molecular complexity index is 354. The van der Waals surface area contributed by atoms with Crippen molar-refractivity contribution in [2.45, 2.75) is 46.5 Å². The standard InChI is InChI=1S/C15H23N/c1-4-6-10-14-12(3)15(16)11-8-7-9-13(14)5-2/h7-9,11H,4-6,10,16H2,1-3H3/b8-7?,9-7+,11-8-,13-9?,14-12?,14-13?,15-11?,15-12?. The Morgan fingerprint density at radius 3 is 2.44 bits per heavy atom. The second-order valence-corrected chi connectivity index (χ2v) is 4.26. The first-order chi connectivity index (χ1) is 7.70. The van der Waals surface area contributed by atoms with Gasteiger partial charge in [0.2, 0.25) is 0 Å². The van der Waals surface area contributed by atoms with Crippen molar-refractivity contribution in [1.82, 2.24) is 0 Å². The third kappa shape index (κ3) is 3.13. The van der Waals surface area contributed by atoms with Gasteiger partial charge in [0.1, 0.15) is 0 Å². The second kappa shape index (κ2) is 6.37. The lowest BCUT2D eigenvalue weighted by Gasteiger charge is -2.15. The van der Waals surface area contributed by atoms with Gasteiger partial charge in [-0.1, -0.05) is 38.5 Å². The van der Waals surface area contributed by atoms with E-state index >= 15 is 0 Å². The first-order valence-corrected chi connectivity index (χ1v) is 6.24. The third-order valence-electron chi connectivity index (χ3n) is 3.12. The van der Waals surface area contributed by atoms with Crippen molar-refractivity contribution < 1.29 is 0 Å². The molecule has 0 spiro atoms. The van der Waals surface area contributed by atoms with Gasteiger partial charge in [0.05, 0.1) is 0 Å². The minimum Gasteiger partial charge on any atom is -0.399 e. The molecule has 0 heterocycles.